The van der Waals surface area contributed by atoms with Gasteiger partial charge in [0.05, 0.1) is 10.5 Å². The van der Waals surface area contributed by atoms with E-state index in [2.05, 4.69) is 20.6 Å². The molecule has 0 fully saturated rings. The number of hydrogen-bond donors (Lipinski definition) is 3. The number of rotatable bonds is 6. The molecule has 0 saturated heterocycles. The second-order valence-electron chi connectivity index (χ2n) is 4.98. The summed E-state index contributed by atoms with van der Waals surface area (Å²) in [5.41, 5.74) is 0.325. The number of hydrogen-bond acceptors (Lipinski definition) is 7. The van der Waals surface area contributed by atoms with Gasteiger partial charge in [0.25, 0.3) is 0 Å². The van der Waals surface area contributed by atoms with E-state index in [9.17, 15) is 14.9 Å². The fourth-order valence-electron chi connectivity index (χ4n) is 1.86. The van der Waals surface area contributed by atoms with Crippen LogP contribution in [0.4, 0.5) is 23.0 Å². The minimum Gasteiger partial charge on any atom is -0.478 e. The van der Waals surface area contributed by atoms with Gasteiger partial charge in [-0.25, -0.2) is 14.8 Å². The standard InChI is InChI=1S/C14H15N5O4/c1-8(2)17-12-11(19(22)23)13(16-7-15-12)18-10-5-3-9(4-6-10)14(20)21/h3-8H,1-2H3,(H,20,21)(H2,15,16,17,18). The van der Waals surface area contributed by atoms with Crippen LogP contribution in [0.25, 0.3) is 0 Å². The van der Waals surface area contributed by atoms with Crippen LogP contribution >= 0.6 is 0 Å². The lowest BCUT2D eigenvalue weighted by molar-refractivity contribution is -0.383. The van der Waals surface area contributed by atoms with Crippen molar-refractivity contribution in [1.29, 1.82) is 0 Å². The number of aromatic carboxylic acids is 1. The van der Waals surface area contributed by atoms with Gasteiger partial charge in [0.1, 0.15) is 6.33 Å². The van der Waals surface area contributed by atoms with Crippen LogP contribution in [-0.2, 0) is 0 Å². The van der Waals surface area contributed by atoms with Crippen LogP contribution in [0, 0.1) is 10.1 Å². The van der Waals surface area contributed by atoms with Gasteiger partial charge in [-0.1, -0.05) is 0 Å². The zero-order valence-corrected chi connectivity index (χ0v) is 12.5. The van der Waals surface area contributed by atoms with Gasteiger partial charge < -0.3 is 15.7 Å². The average molecular weight is 317 g/mol. The molecule has 2 rings (SSSR count). The fraction of sp³-hybridized carbons (Fsp3) is 0.214. The highest BCUT2D eigenvalue weighted by Gasteiger charge is 2.23. The van der Waals surface area contributed by atoms with Crippen molar-refractivity contribution in [1.82, 2.24) is 9.97 Å². The van der Waals surface area contributed by atoms with Crippen LogP contribution in [0.15, 0.2) is 30.6 Å². The molecular weight excluding hydrogens is 302 g/mol. The van der Waals surface area contributed by atoms with Crippen molar-refractivity contribution in [3.63, 3.8) is 0 Å². The first-order valence-electron chi connectivity index (χ1n) is 6.74. The van der Waals surface area contributed by atoms with Crippen molar-refractivity contribution in [3.8, 4) is 0 Å². The normalized spacial score (nSPS) is 10.4. The number of carboxylic acid groups (broad SMARTS) is 1. The Balaban J connectivity index is 2.35. The summed E-state index contributed by atoms with van der Waals surface area (Å²) in [4.78, 5) is 29.4. The molecule has 0 aliphatic heterocycles. The van der Waals surface area contributed by atoms with Gasteiger partial charge in [-0.05, 0) is 38.1 Å². The highest BCUT2D eigenvalue weighted by Crippen LogP contribution is 2.31. The number of nitrogens with one attached hydrogen (secondary N) is 2. The lowest BCUT2D eigenvalue weighted by Gasteiger charge is -2.12. The summed E-state index contributed by atoms with van der Waals surface area (Å²) < 4.78 is 0. The lowest BCUT2D eigenvalue weighted by atomic mass is 10.2. The van der Waals surface area contributed by atoms with Crippen molar-refractivity contribution in [2.75, 3.05) is 10.6 Å². The Hall–Kier alpha value is -3.23. The van der Waals surface area contributed by atoms with E-state index in [0.29, 0.717) is 5.69 Å². The third kappa shape index (κ3) is 3.90. The molecule has 0 atom stereocenters. The SMILES string of the molecule is CC(C)Nc1ncnc(Nc2ccc(C(=O)O)cc2)c1[N+](=O)[O-]. The maximum Gasteiger partial charge on any atom is 0.353 e. The topological polar surface area (TPSA) is 130 Å². The maximum atomic E-state index is 11.3. The number of carboxylic acids is 1. The highest BCUT2D eigenvalue weighted by atomic mass is 16.6. The van der Waals surface area contributed by atoms with Gasteiger partial charge in [0.2, 0.25) is 11.6 Å². The molecule has 23 heavy (non-hydrogen) atoms. The Labute approximate surface area is 131 Å². The number of anilines is 3. The van der Waals surface area contributed by atoms with Crippen LogP contribution in [0.5, 0.6) is 0 Å². The molecule has 0 aliphatic rings. The Morgan fingerprint density at radius 2 is 1.83 bits per heavy atom. The largest absolute Gasteiger partial charge is 0.478 e. The highest BCUT2D eigenvalue weighted by molar-refractivity contribution is 5.88. The van der Waals surface area contributed by atoms with Gasteiger partial charge in [-0.2, -0.15) is 0 Å². The smallest absolute Gasteiger partial charge is 0.353 e. The van der Waals surface area contributed by atoms with Crippen molar-refractivity contribution >= 4 is 29.0 Å². The first-order valence-corrected chi connectivity index (χ1v) is 6.74. The molecule has 0 aliphatic carbocycles. The second kappa shape index (κ2) is 6.69. The third-order valence-corrected chi connectivity index (χ3v) is 2.82. The zero-order valence-electron chi connectivity index (χ0n) is 12.5. The van der Waals surface area contributed by atoms with E-state index >= 15 is 0 Å². The molecule has 0 bridgehead atoms. The van der Waals surface area contributed by atoms with Crippen molar-refractivity contribution in [2.24, 2.45) is 0 Å². The predicted octanol–water partition coefficient (Wildman–Crippen LogP) is 2.65. The van der Waals surface area contributed by atoms with Crippen molar-refractivity contribution in [2.45, 2.75) is 19.9 Å². The quantitative estimate of drug-likeness (QED) is 0.547. The fourth-order valence-corrected chi connectivity index (χ4v) is 1.86. The van der Waals surface area contributed by atoms with Gasteiger partial charge in [0, 0.05) is 11.7 Å². The number of nitrogens with zero attached hydrogens (tertiary/aromatic N) is 3. The van der Waals surface area contributed by atoms with Gasteiger partial charge >= 0.3 is 11.7 Å². The molecule has 0 radical (unpaired) electrons. The minimum atomic E-state index is -1.05. The van der Waals surface area contributed by atoms with E-state index in [0.717, 1.165) is 0 Å². The monoisotopic (exact) mass is 317 g/mol. The zero-order chi connectivity index (χ0) is 17.0. The molecule has 120 valence electrons. The molecule has 2 aromatic rings. The molecule has 0 unspecified atom stereocenters. The summed E-state index contributed by atoms with van der Waals surface area (Å²) in [6.07, 6.45) is 1.21. The molecule has 9 heteroatoms. The summed E-state index contributed by atoms with van der Waals surface area (Å²) in [7, 11) is 0. The van der Waals surface area contributed by atoms with Crippen molar-refractivity contribution in [3.05, 3.63) is 46.3 Å². The van der Waals surface area contributed by atoms with E-state index in [1.807, 2.05) is 13.8 Å². The van der Waals surface area contributed by atoms with E-state index in [1.165, 1.54) is 30.6 Å². The predicted molar refractivity (Wildman–Crippen MR) is 84.1 cm³/mol. The molecule has 1 heterocycles. The molecule has 1 aromatic carbocycles. The average Bonchev–Trinajstić information content (AvgIpc) is 2.47. The van der Waals surface area contributed by atoms with E-state index in [4.69, 9.17) is 5.11 Å². The van der Waals surface area contributed by atoms with Gasteiger partial charge in [-0.3, -0.25) is 10.1 Å². The summed E-state index contributed by atoms with van der Waals surface area (Å²) in [5.74, 6) is -0.908. The van der Waals surface area contributed by atoms with Gasteiger partial charge in [-0.15, -0.1) is 0 Å². The summed E-state index contributed by atoms with van der Waals surface area (Å²) >= 11 is 0. The summed E-state index contributed by atoms with van der Waals surface area (Å²) in [5, 5.41) is 25.9. The number of aromatic nitrogens is 2. The first kappa shape index (κ1) is 16.1. The van der Waals surface area contributed by atoms with Crippen LogP contribution in [0.3, 0.4) is 0 Å². The lowest BCUT2D eigenvalue weighted by Crippen LogP contribution is -2.14. The molecule has 0 saturated carbocycles. The number of benzene rings is 1. The van der Waals surface area contributed by atoms with Crippen molar-refractivity contribution < 1.29 is 14.8 Å². The second-order valence-corrected chi connectivity index (χ2v) is 4.98. The molecule has 1 aromatic heterocycles. The number of nitro groups is 1. The first-order chi connectivity index (χ1) is 10.9. The van der Waals surface area contributed by atoms with Gasteiger partial charge in [0.15, 0.2) is 0 Å². The van der Waals surface area contributed by atoms with E-state index in [-0.39, 0.29) is 28.9 Å². The van der Waals surface area contributed by atoms with E-state index in [1.54, 1.807) is 0 Å². The maximum absolute atomic E-state index is 11.3. The third-order valence-electron chi connectivity index (χ3n) is 2.82. The van der Waals surface area contributed by atoms with Crippen LogP contribution in [0.2, 0.25) is 0 Å². The number of carbonyl (C=O) groups is 1. The molecule has 9 nitrogen and oxygen atoms in total. The Bertz CT molecular complexity index is 730. The molecule has 0 amide bonds. The Morgan fingerprint density at radius 3 is 2.35 bits per heavy atom. The molecular formula is C14H15N5O4. The minimum absolute atomic E-state index is 0.0243. The Kier molecular flexibility index (Phi) is 4.69. The van der Waals surface area contributed by atoms with Crippen LogP contribution in [0.1, 0.15) is 24.2 Å². The van der Waals surface area contributed by atoms with Crippen LogP contribution in [-0.4, -0.2) is 32.0 Å². The summed E-state index contributed by atoms with van der Waals surface area (Å²) in [6, 6.07) is 5.76. The molecule has 0 spiro atoms. The van der Waals surface area contributed by atoms with E-state index < -0.39 is 10.9 Å². The Morgan fingerprint density at radius 1 is 1.22 bits per heavy atom. The van der Waals surface area contributed by atoms with Crippen LogP contribution < -0.4 is 10.6 Å². The summed E-state index contributed by atoms with van der Waals surface area (Å²) in [6.45, 7) is 3.67. The molecule has 3 N–H and O–H groups in total.